The predicted octanol–water partition coefficient (Wildman–Crippen LogP) is 2.90. The summed E-state index contributed by atoms with van der Waals surface area (Å²) in [5, 5.41) is 3.96. The van der Waals surface area contributed by atoms with E-state index < -0.39 is 11.7 Å². The summed E-state index contributed by atoms with van der Waals surface area (Å²) >= 11 is 1.51. The van der Waals surface area contributed by atoms with Crippen molar-refractivity contribution in [1.29, 1.82) is 0 Å². The summed E-state index contributed by atoms with van der Waals surface area (Å²) in [7, 11) is 0. The second-order valence-corrected chi connectivity index (χ2v) is 4.56. The summed E-state index contributed by atoms with van der Waals surface area (Å²) in [4.78, 5) is 4.20. The van der Waals surface area contributed by atoms with Crippen molar-refractivity contribution in [2.24, 2.45) is 4.99 Å². The van der Waals surface area contributed by atoms with Crippen LogP contribution in [-0.4, -0.2) is 18.3 Å². The molecule has 2 rings (SSSR count). The van der Waals surface area contributed by atoms with Crippen LogP contribution >= 0.6 is 11.8 Å². The van der Waals surface area contributed by atoms with Crippen LogP contribution in [0.1, 0.15) is 11.1 Å². The van der Waals surface area contributed by atoms with Crippen LogP contribution in [-0.2, 0) is 11.9 Å². The van der Waals surface area contributed by atoms with E-state index in [1.165, 1.54) is 23.9 Å². The first-order chi connectivity index (χ1) is 8.05. The van der Waals surface area contributed by atoms with Crippen molar-refractivity contribution in [2.45, 2.75) is 11.9 Å². The molecule has 1 aromatic carbocycles. The largest absolute Gasteiger partial charge is 0.416 e. The van der Waals surface area contributed by atoms with Crippen LogP contribution in [0.25, 0.3) is 0 Å². The van der Waals surface area contributed by atoms with Crippen LogP contribution in [0.3, 0.4) is 0 Å². The molecule has 0 saturated carbocycles. The van der Waals surface area contributed by atoms with Crippen LogP contribution in [0.15, 0.2) is 29.3 Å². The standard InChI is InChI=1S/C11H11F3N2S/c12-11(13,14)9-3-1-8(2-4-9)7-17-10-15-5-6-16-10/h1-4H,5-7H2,(H,15,16). The normalized spacial score (nSPS) is 15.6. The van der Waals surface area contributed by atoms with Gasteiger partial charge < -0.3 is 5.32 Å². The molecule has 1 aromatic rings. The predicted molar refractivity (Wildman–Crippen MR) is 63.0 cm³/mol. The Hall–Kier alpha value is -1.17. The first-order valence-electron chi connectivity index (χ1n) is 5.13. The number of rotatable bonds is 2. The van der Waals surface area contributed by atoms with Gasteiger partial charge in [-0.1, -0.05) is 23.9 Å². The Balaban J connectivity index is 1.94. The Labute approximate surface area is 101 Å². The molecule has 6 heteroatoms. The minimum atomic E-state index is -4.26. The molecule has 17 heavy (non-hydrogen) atoms. The van der Waals surface area contributed by atoms with E-state index in [1.807, 2.05) is 0 Å². The average molecular weight is 260 g/mol. The van der Waals surface area contributed by atoms with Crippen molar-refractivity contribution < 1.29 is 13.2 Å². The van der Waals surface area contributed by atoms with Gasteiger partial charge in [0.25, 0.3) is 0 Å². The average Bonchev–Trinajstić information content (AvgIpc) is 2.78. The minimum Gasteiger partial charge on any atom is -0.363 e. The van der Waals surface area contributed by atoms with Gasteiger partial charge in [-0.15, -0.1) is 0 Å². The first-order valence-corrected chi connectivity index (χ1v) is 6.11. The third kappa shape index (κ3) is 3.39. The monoisotopic (exact) mass is 260 g/mol. The molecular formula is C11H11F3N2S. The van der Waals surface area contributed by atoms with Gasteiger partial charge in [-0.3, -0.25) is 4.99 Å². The van der Waals surface area contributed by atoms with E-state index >= 15 is 0 Å². The van der Waals surface area contributed by atoms with Gasteiger partial charge in [0, 0.05) is 12.3 Å². The van der Waals surface area contributed by atoms with Crippen LogP contribution in [0, 0.1) is 0 Å². The summed E-state index contributed by atoms with van der Waals surface area (Å²) < 4.78 is 37.0. The molecule has 0 radical (unpaired) electrons. The van der Waals surface area contributed by atoms with Crippen molar-refractivity contribution in [1.82, 2.24) is 5.32 Å². The van der Waals surface area contributed by atoms with Gasteiger partial charge in [-0.2, -0.15) is 13.2 Å². The molecule has 1 heterocycles. The smallest absolute Gasteiger partial charge is 0.363 e. The number of nitrogens with one attached hydrogen (secondary N) is 1. The zero-order valence-electron chi connectivity index (χ0n) is 8.92. The molecule has 92 valence electrons. The van der Waals surface area contributed by atoms with E-state index in [2.05, 4.69) is 10.3 Å². The molecule has 0 saturated heterocycles. The summed E-state index contributed by atoms with van der Waals surface area (Å²) in [6.45, 7) is 1.62. The lowest BCUT2D eigenvalue weighted by atomic mass is 10.1. The number of amidine groups is 1. The fourth-order valence-electron chi connectivity index (χ4n) is 1.41. The van der Waals surface area contributed by atoms with Crippen molar-refractivity contribution in [2.75, 3.05) is 13.1 Å². The second-order valence-electron chi connectivity index (χ2n) is 3.60. The molecule has 2 nitrogen and oxygen atoms in total. The quantitative estimate of drug-likeness (QED) is 0.884. The molecule has 1 aliphatic heterocycles. The van der Waals surface area contributed by atoms with Gasteiger partial charge >= 0.3 is 6.18 Å². The zero-order chi connectivity index (χ0) is 12.3. The van der Waals surface area contributed by atoms with Crippen molar-refractivity contribution in [3.63, 3.8) is 0 Å². The maximum atomic E-state index is 12.3. The van der Waals surface area contributed by atoms with E-state index in [9.17, 15) is 13.2 Å². The van der Waals surface area contributed by atoms with Gasteiger partial charge in [0.05, 0.1) is 12.1 Å². The first kappa shape index (κ1) is 12.3. The Bertz CT molecular complexity index is 412. The fourth-order valence-corrected chi connectivity index (χ4v) is 2.30. The molecule has 0 spiro atoms. The lowest BCUT2D eigenvalue weighted by molar-refractivity contribution is -0.137. The lowest BCUT2D eigenvalue weighted by Crippen LogP contribution is -2.15. The number of benzene rings is 1. The van der Waals surface area contributed by atoms with Gasteiger partial charge in [-0.05, 0) is 17.7 Å². The zero-order valence-corrected chi connectivity index (χ0v) is 9.74. The molecule has 0 aromatic heterocycles. The van der Waals surface area contributed by atoms with Gasteiger partial charge in [0.1, 0.15) is 0 Å². The topological polar surface area (TPSA) is 24.4 Å². The van der Waals surface area contributed by atoms with E-state index in [-0.39, 0.29) is 0 Å². The number of hydrogen-bond acceptors (Lipinski definition) is 3. The number of halogens is 3. The molecule has 0 fully saturated rings. The summed E-state index contributed by atoms with van der Waals surface area (Å²) in [5.74, 6) is 0.629. The summed E-state index contributed by atoms with van der Waals surface area (Å²) in [6.07, 6.45) is -4.26. The Morgan fingerprint density at radius 3 is 2.47 bits per heavy atom. The van der Waals surface area contributed by atoms with Crippen LogP contribution < -0.4 is 5.32 Å². The third-order valence-electron chi connectivity index (χ3n) is 2.30. The number of hydrogen-bond donors (Lipinski definition) is 1. The lowest BCUT2D eigenvalue weighted by Gasteiger charge is -2.07. The number of aliphatic imine (C=N–C) groups is 1. The highest BCUT2D eigenvalue weighted by molar-refractivity contribution is 8.13. The van der Waals surface area contributed by atoms with Crippen LogP contribution in [0.4, 0.5) is 13.2 Å². The van der Waals surface area contributed by atoms with Crippen LogP contribution in [0.2, 0.25) is 0 Å². The molecule has 1 aliphatic rings. The van der Waals surface area contributed by atoms with E-state index in [0.717, 1.165) is 36.0 Å². The molecule has 0 bridgehead atoms. The molecule has 1 N–H and O–H groups in total. The second kappa shape index (κ2) is 5.00. The van der Waals surface area contributed by atoms with Gasteiger partial charge in [0.15, 0.2) is 5.17 Å². The minimum absolute atomic E-state index is 0.609. The molecular weight excluding hydrogens is 249 g/mol. The van der Waals surface area contributed by atoms with Crippen molar-refractivity contribution >= 4 is 16.9 Å². The van der Waals surface area contributed by atoms with Crippen molar-refractivity contribution in [3.8, 4) is 0 Å². The number of nitrogens with zero attached hydrogens (tertiary/aromatic N) is 1. The van der Waals surface area contributed by atoms with Gasteiger partial charge in [0.2, 0.25) is 0 Å². The van der Waals surface area contributed by atoms with E-state index in [1.54, 1.807) is 0 Å². The summed E-state index contributed by atoms with van der Waals surface area (Å²) in [5.41, 5.74) is 0.252. The maximum Gasteiger partial charge on any atom is 0.416 e. The van der Waals surface area contributed by atoms with E-state index in [4.69, 9.17) is 0 Å². The Morgan fingerprint density at radius 2 is 1.94 bits per heavy atom. The highest BCUT2D eigenvalue weighted by atomic mass is 32.2. The maximum absolute atomic E-state index is 12.3. The van der Waals surface area contributed by atoms with Crippen LogP contribution in [0.5, 0.6) is 0 Å². The molecule has 0 atom stereocenters. The third-order valence-corrected chi connectivity index (χ3v) is 3.32. The SMILES string of the molecule is FC(F)(F)c1ccc(CSC2=NCCN2)cc1. The highest BCUT2D eigenvalue weighted by Crippen LogP contribution is 2.29. The highest BCUT2D eigenvalue weighted by Gasteiger charge is 2.29. The number of alkyl halides is 3. The molecule has 0 unspecified atom stereocenters. The van der Waals surface area contributed by atoms with Gasteiger partial charge in [-0.25, -0.2) is 0 Å². The Morgan fingerprint density at radius 1 is 1.24 bits per heavy atom. The fraction of sp³-hybridized carbons (Fsp3) is 0.364. The number of thioether (sulfide) groups is 1. The summed E-state index contributed by atoms with van der Waals surface area (Å²) in [6, 6.07) is 5.23. The molecule has 0 amide bonds. The van der Waals surface area contributed by atoms with Crippen molar-refractivity contribution in [3.05, 3.63) is 35.4 Å². The Kier molecular flexibility index (Phi) is 3.61. The molecule has 0 aliphatic carbocycles. The van der Waals surface area contributed by atoms with E-state index in [0.29, 0.717) is 5.75 Å².